The Bertz CT molecular complexity index is 444. The lowest BCUT2D eigenvalue weighted by atomic mass is 10.0. The zero-order chi connectivity index (χ0) is 13.1. The molecule has 1 unspecified atom stereocenters. The van der Waals surface area contributed by atoms with Crippen molar-refractivity contribution in [2.75, 3.05) is 6.54 Å². The molecule has 1 aliphatic heterocycles. The summed E-state index contributed by atoms with van der Waals surface area (Å²) in [5.74, 6) is 0.337. The van der Waals surface area contributed by atoms with Gasteiger partial charge in [-0.1, -0.05) is 20.3 Å². The molecule has 0 saturated carbocycles. The minimum atomic E-state index is 0.337. The van der Waals surface area contributed by atoms with Gasteiger partial charge >= 0.3 is 0 Å². The van der Waals surface area contributed by atoms with Crippen molar-refractivity contribution in [3.63, 3.8) is 0 Å². The van der Waals surface area contributed by atoms with Crippen LogP contribution in [-0.2, 0) is 6.54 Å². The minimum absolute atomic E-state index is 0.337. The lowest BCUT2D eigenvalue weighted by Gasteiger charge is -2.32. The summed E-state index contributed by atoms with van der Waals surface area (Å²) in [6, 6.07) is 2.93. The van der Waals surface area contributed by atoms with Crippen molar-refractivity contribution in [3.05, 3.63) is 15.6 Å². The first-order chi connectivity index (χ1) is 8.61. The van der Waals surface area contributed by atoms with Crippen molar-refractivity contribution >= 4 is 11.3 Å². The van der Waals surface area contributed by atoms with E-state index in [1.165, 1.54) is 25.8 Å². The van der Waals surface area contributed by atoms with Crippen LogP contribution in [0.4, 0.5) is 0 Å². The van der Waals surface area contributed by atoms with Gasteiger partial charge in [0.05, 0.1) is 12.2 Å². The Morgan fingerprint density at radius 1 is 1.50 bits per heavy atom. The molecular formula is C14H21N3S. The van der Waals surface area contributed by atoms with Crippen LogP contribution in [0.25, 0.3) is 0 Å². The fourth-order valence-electron chi connectivity index (χ4n) is 2.48. The first-order valence-corrected chi connectivity index (χ1v) is 7.57. The predicted octanol–water partition coefficient (Wildman–Crippen LogP) is 3.51. The molecule has 4 heteroatoms. The van der Waals surface area contributed by atoms with E-state index in [4.69, 9.17) is 5.26 Å². The van der Waals surface area contributed by atoms with Gasteiger partial charge in [0.15, 0.2) is 0 Å². The van der Waals surface area contributed by atoms with Crippen molar-refractivity contribution in [2.45, 2.75) is 58.5 Å². The molecule has 2 heterocycles. The molecule has 0 amide bonds. The normalized spacial score (nSPS) is 21.2. The maximum Gasteiger partial charge on any atom is 0.128 e. The van der Waals surface area contributed by atoms with Gasteiger partial charge in [0, 0.05) is 6.04 Å². The second-order valence-electron chi connectivity index (χ2n) is 5.40. The molecule has 1 aromatic heterocycles. The van der Waals surface area contributed by atoms with Gasteiger partial charge in [-0.15, -0.1) is 11.3 Å². The van der Waals surface area contributed by atoms with Crippen LogP contribution in [0.15, 0.2) is 0 Å². The summed E-state index contributed by atoms with van der Waals surface area (Å²) >= 11 is 1.57. The van der Waals surface area contributed by atoms with Crippen LogP contribution in [0, 0.1) is 11.3 Å². The Balaban J connectivity index is 2.12. The van der Waals surface area contributed by atoms with Gasteiger partial charge in [-0.25, -0.2) is 4.98 Å². The molecule has 0 bridgehead atoms. The average Bonchev–Trinajstić information content (AvgIpc) is 2.75. The van der Waals surface area contributed by atoms with Crippen LogP contribution in [0.1, 0.15) is 61.5 Å². The van der Waals surface area contributed by atoms with Crippen molar-refractivity contribution in [1.29, 1.82) is 5.26 Å². The molecular weight excluding hydrogens is 242 g/mol. The second-order valence-corrected chi connectivity index (χ2v) is 6.49. The molecule has 1 saturated heterocycles. The number of aromatic nitrogens is 1. The molecule has 0 aromatic carbocycles. The van der Waals surface area contributed by atoms with E-state index in [-0.39, 0.29) is 0 Å². The minimum Gasteiger partial charge on any atom is -0.294 e. The number of hydrogen-bond donors (Lipinski definition) is 0. The summed E-state index contributed by atoms with van der Waals surface area (Å²) < 4.78 is 0. The first-order valence-electron chi connectivity index (χ1n) is 6.75. The van der Waals surface area contributed by atoms with Gasteiger partial charge in [-0.3, -0.25) is 4.90 Å². The molecule has 3 nitrogen and oxygen atoms in total. The molecule has 18 heavy (non-hydrogen) atoms. The van der Waals surface area contributed by atoms with Crippen molar-refractivity contribution in [1.82, 2.24) is 9.88 Å². The SMILES string of the molecule is CC(C)c1nc(CN2CCCCC2C)sc1C#N. The van der Waals surface area contributed by atoms with Crippen molar-refractivity contribution < 1.29 is 0 Å². The topological polar surface area (TPSA) is 39.9 Å². The summed E-state index contributed by atoms with van der Waals surface area (Å²) in [4.78, 5) is 7.95. The quantitative estimate of drug-likeness (QED) is 0.837. The smallest absolute Gasteiger partial charge is 0.128 e. The van der Waals surface area contributed by atoms with Gasteiger partial charge < -0.3 is 0 Å². The summed E-state index contributed by atoms with van der Waals surface area (Å²) in [5.41, 5.74) is 0.974. The van der Waals surface area contributed by atoms with Gasteiger partial charge in [0.1, 0.15) is 16.0 Å². The van der Waals surface area contributed by atoms with Crippen LogP contribution in [-0.4, -0.2) is 22.5 Å². The molecule has 98 valence electrons. The Kier molecular flexibility index (Phi) is 4.36. The summed E-state index contributed by atoms with van der Waals surface area (Å²) in [6.07, 6.45) is 3.92. The van der Waals surface area contributed by atoms with Crippen LogP contribution in [0.3, 0.4) is 0 Å². The molecule has 1 fully saturated rings. The third-order valence-corrected chi connectivity index (χ3v) is 4.59. The Morgan fingerprint density at radius 3 is 2.83 bits per heavy atom. The largest absolute Gasteiger partial charge is 0.294 e. The van der Waals surface area contributed by atoms with Gasteiger partial charge in [-0.2, -0.15) is 5.26 Å². The molecule has 1 aliphatic rings. The second kappa shape index (κ2) is 5.81. The number of likely N-dealkylation sites (tertiary alicyclic amines) is 1. The lowest BCUT2D eigenvalue weighted by Crippen LogP contribution is -2.36. The number of nitriles is 1. The lowest BCUT2D eigenvalue weighted by molar-refractivity contribution is 0.152. The van der Waals surface area contributed by atoms with E-state index >= 15 is 0 Å². The summed E-state index contributed by atoms with van der Waals surface area (Å²) in [7, 11) is 0. The molecule has 0 radical (unpaired) electrons. The zero-order valence-corrected chi connectivity index (χ0v) is 12.3. The van der Waals surface area contributed by atoms with Gasteiger partial charge in [0.2, 0.25) is 0 Å². The van der Waals surface area contributed by atoms with Crippen molar-refractivity contribution in [3.8, 4) is 6.07 Å². The predicted molar refractivity (Wildman–Crippen MR) is 74.6 cm³/mol. The van der Waals surface area contributed by atoms with E-state index in [2.05, 4.69) is 36.7 Å². The standard InChI is InChI=1S/C14H21N3S/c1-10(2)14-12(8-15)18-13(16-14)9-17-7-5-4-6-11(17)3/h10-11H,4-7,9H2,1-3H3. The highest BCUT2D eigenvalue weighted by Gasteiger charge is 2.21. The monoisotopic (exact) mass is 263 g/mol. The van der Waals surface area contributed by atoms with E-state index in [0.717, 1.165) is 22.1 Å². The van der Waals surface area contributed by atoms with E-state index in [1.807, 2.05) is 0 Å². The highest BCUT2D eigenvalue weighted by Crippen LogP contribution is 2.27. The highest BCUT2D eigenvalue weighted by molar-refractivity contribution is 7.12. The number of hydrogen-bond acceptors (Lipinski definition) is 4. The number of rotatable bonds is 3. The summed E-state index contributed by atoms with van der Waals surface area (Å²) in [5, 5.41) is 10.2. The fraction of sp³-hybridized carbons (Fsp3) is 0.714. The third kappa shape index (κ3) is 2.90. The molecule has 0 spiro atoms. The average molecular weight is 263 g/mol. The van der Waals surface area contributed by atoms with Crippen molar-refractivity contribution in [2.24, 2.45) is 0 Å². The molecule has 0 aliphatic carbocycles. The van der Waals surface area contributed by atoms with E-state index in [9.17, 15) is 0 Å². The molecule has 2 rings (SSSR count). The van der Waals surface area contributed by atoms with Crippen LogP contribution < -0.4 is 0 Å². The van der Waals surface area contributed by atoms with Crippen LogP contribution in [0.5, 0.6) is 0 Å². The fourth-order valence-corrected chi connectivity index (χ4v) is 3.52. The Labute approximate surface area is 113 Å². The Morgan fingerprint density at radius 2 is 2.28 bits per heavy atom. The Hall–Kier alpha value is -0.920. The van der Waals surface area contributed by atoms with Crippen LogP contribution in [0.2, 0.25) is 0 Å². The first kappa shape index (κ1) is 13.5. The van der Waals surface area contributed by atoms with Crippen LogP contribution >= 0.6 is 11.3 Å². The molecule has 1 aromatic rings. The number of piperidine rings is 1. The van der Waals surface area contributed by atoms with E-state index in [1.54, 1.807) is 11.3 Å². The number of thiazole rings is 1. The third-order valence-electron chi connectivity index (χ3n) is 3.63. The summed E-state index contributed by atoms with van der Waals surface area (Å²) in [6.45, 7) is 8.57. The highest BCUT2D eigenvalue weighted by atomic mass is 32.1. The molecule has 1 atom stereocenters. The zero-order valence-electron chi connectivity index (χ0n) is 11.4. The van der Waals surface area contributed by atoms with E-state index in [0.29, 0.717) is 12.0 Å². The maximum absolute atomic E-state index is 9.15. The van der Waals surface area contributed by atoms with E-state index < -0.39 is 0 Å². The maximum atomic E-state index is 9.15. The van der Waals surface area contributed by atoms with Gasteiger partial charge in [-0.05, 0) is 32.2 Å². The van der Waals surface area contributed by atoms with Gasteiger partial charge in [0.25, 0.3) is 0 Å². The number of nitrogens with zero attached hydrogens (tertiary/aromatic N) is 3. The molecule has 0 N–H and O–H groups in total.